The molecule has 0 aliphatic carbocycles. The van der Waals surface area contributed by atoms with Gasteiger partial charge in [-0.25, -0.2) is 9.59 Å². The Balaban J connectivity index is 1.24. The average Bonchev–Trinajstić information content (AvgIpc) is 2.97. The molecule has 0 saturated carbocycles. The fraction of sp³-hybridized carbons (Fsp3) is 0.395. The van der Waals surface area contributed by atoms with E-state index in [4.69, 9.17) is 9.47 Å². The molecule has 6 nitrogen and oxygen atoms in total. The second kappa shape index (κ2) is 14.9. The summed E-state index contributed by atoms with van der Waals surface area (Å²) in [6, 6.07) is 30.9. The summed E-state index contributed by atoms with van der Waals surface area (Å²) in [6.07, 6.45) is 1.72. The molecular formula is C43H54N2O4. The van der Waals surface area contributed by atoms with E-state index in [1.807, 2.05) is 97.1 Å². The monoisotopic (exact) mass is 662 g/mol. The zero-order valence-corrected chi connectivity index (χ0v) is 31.0. The van der Waals surface area contributed by atoms with Crippen molar-refractivity contribution < 1.29 is 19.1 Å². The highest BCUT2D eigenvalue weighted by Crippen LogP contribution is 2.38. The first-order valence-corrected chi connectivity index (χ1v) is 17.1. The van der Waals surface area contributed by atoms with E-state index in [9.17, 15) is 9.59 Å². The number of carbonyl (C=O) groups is 2. The third-order valence-corrected chi connectivity index (χ3v) is 8.45. The number of anilines is 2. The summed E-state index contributed by atoms with van der Waals surface area (Å²) in [5.74, 6) is 1.00. The molecule has 6 heteroatoms. The molecule has 4 rings (SSSR count). The predicted octanol–water partition coefficient (Wildman–Crippen LogP) is 11.9. The molecule has 0 radical (unpaired) electrons. The molecule has 2 amide bonds. The van der Waals surface area contributed by atoms with Gasteiger partial charge in [-0.15, -0.1) is 0 Å². The standard InChI is InChI=1S/C43H54N2O4/c1-40(2,3)28-42(7,8)32-15-23-36(24-16-32)48-38(46)44-34-19-11-30(12-20-34)27-31-13-21-35(22-14-31)45-39(47)49-37-25-17-33(18-26-37)43(9,10)29-41(4,5)6/h11-26H,27-29H2,1-10H3,(H,44,46)(H,45,47). The van der Waals surface area contributed by atoms with Crippen molar-refractivity contribution >= 4 is 23.6 Å². The van der Waals surface area contributed by atoms with E-state index in [-0.39, 0.29) is 21.7 Å². The second-order valence-electron chi connectivity index (χ2n) is 16.9. The van der Waals surface area contributed by atoms with Crippen LogP contribution in [-0.4, -0.2) is 12.2 Å². The van der Waals surface area contributed by atoms with Crippen molar-refractivity contribution in [1.29, 1.82) is 0 Å². The van der Waals surface area contributed by atoms with E-state index in [2.05, 4.69) is 79.9 Å². The number of nitrogens with one attached hydrogen (secondary N) is 2. The molecule has 4 aromatic rings. The lowest BCUT2D eigenvalue weighted by atomic mass is 9.72. The second-order valence-corrected chi connectivity index (χ2v) is 16.9. The summed E-state index contributed by atoms with van der Waals surface area (Å²) in [4.78, 5) is 25.1. The maximum atomic E-state index is 12.6. The molecule has 0 aliphatic heterocycles. The molecule has 49 heavy (non-hydrogen) atoms. The topological polar surface area (TPSA) is 76.7 Å². The van der Waals surface area contributed by atoms with Crippen molar-refractivity contribution in [2.75, 3.05) is 10.6 Å². The number of amides is 2. The van der Waals surface area contributed by atoms with Gasteiger partial charge in [-0.3, -0.25) is 10.6 Å². The SMILES string of the molecule is CC(C)(C)CC(C)(C)c1ccc(OC(=O)Nc2ccc(Cc3ccc(NC(=O)Oc4ccc(C(C)(C)CC(C)(C)C)cc4)cc3)cc2)cc1. The average molecular weight is 663 g/mol. The van der Waals surface area contributed by atoms with Gasteiger partial charge in [0, 0.05) is 11.4 Å². The molecule has 260 valence electrons. The fourth-order valence-electron chi connectivity index (χ4n) is 6.95. The first-order chi connectivity index (χ1) is 22.8. The predicted molar refractivity (Wildman–Crippen MR) is 202 cm³/mol. The van der Waals surface area contributed by atoms with Crippen LogP contribution in [0.5, 0.6) is 11.5 Å². The van der Waals surface area contributed by atoms with E-state index < -0.39 is 12.2 Å². The fourth-order valence-corrected chi connectivity index (χ4v) is 6.95. The number of benzene rings is 4. The van der Waals surface area contributed by atoms with Crippen molar-refractivity contribution in [2.45, 2.75) is 99.3 Å². The Morgan fingerprint density at radius 1 is 0.469 bits per heavy atom. The molecule has 0 aromatic heterocycles. The van der Waals surface area contributed by atoms with E-state index in [0.29, 0.717) is 29.3 Å². The Morgan fingerprint density at radius 2 is 0.776 bits per heavy atom. The van der Waals surface area contributed by atoms with Crippen LogP contribution in [0.25, 0.3) is 0 Å². The van der Waals surface area contributed by atoms with Gasteiger partial charge in [-0.2, -0.15) is 0 Å². The molecule has 0 atom stereocenters. The third-order valence-electron chi connectivity index (χ3n) is 8.45. The van der Waals surface area contributed by atoms with Crippen LogP contribution in [0.3, 0.4) is 0 Å². The van der Waals surface area contributed by atoms with Gasteiger partial charge in [0.1, 0.15) is 11.5 Å². The van der Waals surface area contributed by atoms with Crippen LogP contribution >= 0.6 is 0 Å². The minimum atomic E-state index is -0.534. The zero-order valence-electron chi connectivity index (χ0n) is 31.0. The normalized spacial score (nSPS) is 12.3. The van der Waals surface area contributed by atoms with Gasteiger partial charge < -0.3 is 9.47 Å². The minimum Gasteiger partial charge on any atom is -0.410 e. The number of ether oxygens (including phenoxy) is 2. The van der Waals surface area contributed by atoms with Gasteiger partial charge in [0.15, 0.2) is 0 Å². The number of hydrogen-bond acceptors (Lipinski definition) is 4. The lowest BCUT2D eigenvalue weighted by Gasteiger charge is -2.33. The van der Waals surface area contributed by atoms with E-state index in [1.165, 1.54) is 11.1 Å². The van der Waals surface area contributed by atoms with Crippen molar-refractivity contribution in [1.82, 2.24) is 0 Å². The zero-order chi connectivity index (χ0) is 36.0. The Labute approximate surface area is 293 Å². The molecule has 0 saturated heterocycles. The molecule has 4 aromatic carbocycles. The van der Waals surface area contributed by atoms with E-state index in [0.717, 1.165) is 24.0 Å². The number of hydrogen-bond donors (Lipinski definition) is 2. The Kier molecular flexibility index (Phi) is 11.3. The van der Waals surface area contributed by atoms with Crippen molar-refractivity contribution in [3.63, 3.8) is 0 Å². The van der Waals surface area contributed by atoms with Crippen LogP contribution in [0.15, 0.2) is 97.1 Å². The van der Waals surface area contributed by atoms with Crippen molar-refractivity contribution in [2.24, 2.45) is 10.8 Å². The van der Waals surface area contributed by atoms with Gasteiger partial charge in [0.05, 0.1) is 0 Å². The maximum Gasteiger partial charge on any atom is 0.417 e. The smallest absolute Gasteiger partial charge is 0.410 e. The van der Waals surface area contributed by atoms with Gasteiger partial charge in [-0.1, -0.05) is 118 Å². The van der Waals surface area contributed by atoms with Crippen LogP contribution < -0.4 is 20.1 Å². The Bertz CT molecular complexity index is 1560. The highest BCUT2D eigenvalue weighted by atomic mass is 16.6. The summed E-state index contributed by atoms with van der Waals surface area (Å²) in [7, 11) is 0. The molecule has 0 unspecified atom stereocenters. The minimum absolute atomic E-state index is 0.0192. The van der Waals surface area contributed by atoms with Crippen molar-refractivity contribution in [3.05, 3.63) is 119 Å². The molecule has 0 spiro atoms. The Hall–Kier alpha value is -4.58. The first-order valence-electron chi connectivity index (χ1n) is 17.1. The molecular weight excluding hydrogens is 608 g/mol. The van der Waals surface area contributed by atoms with E-state index >= 15 is 0 Å². The van der Waals surface area contributed by atoms with Crippen LogP contribution in [0.2, 0.25) is 0 Å². The molecule has 0 aliphatic rings. The quantitative estimate of drug-likeness (QED) is 0.177. The van der Waals surface area contributed by atoms with Gasteiger partial charge in [0.25, 0.3) is 0 Å². The largest absolute Gasteiger partial charge is 0.417 e. The lowest BCUT2D eigenvalue weighted by molar-refractivity contribution is 0.214. The summed E-state index contributed by atoms with van der Waals surface area (Å²) >= 11 is 0. The lowest BCUT2D eigenvalue weighted by Crippen LogP contribution is -2.24. The summed E-state index contributed by atoms with van der Waals surface area (Å²) in [5, 5.41) is 5.61. The molecule has 0 fully saturated rings. The first kappa shape index (κ1) is 37.2. The Morgan fingerprint density at radius 3 is 1.06 bits per heavy atom. The van der Waals surface area contributed by atoms with Crippen LogP contribution in [0.4, 0.5) is 21.0 Å². The highest BCUT2D eigenvalue weighted by molar-refractivity contribution is 5.87. The number of rotatable bonds is 10. The third kappa shape index (κ3) is 11.8. The van der Waals surface area contributed by atoms with Gasteiger partial charge >= 0.3 is 12.2 Å². The van der Waals surface area contributed by atoms with Crippen LogP contribution in [0, 0.1) is 10.8 Å². The van der Waals surface area contributed by atoms with Crippen LogP contribution in [-0.2, 0) is 17.3 Å². The molecule has 0 heterocycles. The molecule has 2 N–H and O–H groups in total. The number of carbonyl (C=O) groups excluding carboxylic acids is 2. The summed E-state index contributed by atoms with van der Waals surface area (Å²) in [6.45, 7) is 22.4. The van der Waals surface area contributed by atoms with Crippen molar-refractivity contribution in [3.8, 4) is 11.5 Å². The molecule has 0 bridgehead atoms. The van der Waals surface area contributed by atoms with Crippen LogP contribution in [0.1, 0.15) is 104 Å². The summed E-state index contributed by atoms with van der Waals surface area (Å²) < 4.78 is 11.1. The summed E-state index contributed by atoms with van der Waals surface area (Å²) in [5.41, 5.74) is 6.37. The van der Waals surface area contributed by atoms with Gasteiger partial charge in [-0.05, 0) is 112 Å². The van der Waals surface area contributed by atoms with Gasteiger partial charge in [0.2, 0.25) is 0 Å². The highest BCUT2D eigenvalue weighted by Gasteiger charge is 2.28. The van der Waals surface area contributed by atoms with E-state index in [1.54, 1.807) is 0 Å². The maximum absolute atomic E-state index is 12.6.